The van der Waals surface area contributed by atoms with Crippen molar-refractivity contribution in [1.29, 1.82) is 0 Å². The summed E-state index contributed by atoms with van der Waals surface area (Å²) in [4.78, 5) is 4.31. The van der Waals surface area contributed by atoms with Crippen molar-refractivity contribution in [2.24, 2.45) is 28.3 Å². The van der Waals surface area contributed by atoms with Gasteiger partial charge in [0.15, 0.2) is 5.96 Å². The number of aromatic hydroxyl groups is 1. The van der Waals surface area contributed by atoms with Crippen molar-refractivity contribution in [3.05, 3.63) is 107 Å². The van der Waals surface area contributed by atoms with Crippen LogP contribution >= 0.6 is 0 Å². The number of hydrogen-bond acceptors (Lipinski definition) is 7. The fraction of sp³-hybridized carbons (Fsp3) is 0.382. The number of aliphatic imine (C=N–C) groups is 1. The van der Waals surface area contributed by atoms with Crippen molar-refractivity contribution in [2.45, 2.75) is 61.7 Å². The number of rotatable bonds is 5. The Morgan fingerprint density at radius 1 is 0.933 bits per heavy atom. The van der Waals surface area contributed by atoms with Crippen LogP contribution in [-0.4, -0.2) is 47.1 Å². The molecule has 0 saturated carbocycles. The van der Waals surface area contributed by atoms with E-state index in [-0.39, 0.29) is 42.7 Å². The zero-order chi connectivity index (χ0) is 31.7. The van der Waals surface area contributed by atoms with Crippen molar-refractivity contribution >= 4 is 16.1 Å². The van der Waals surface area contributed by atoms with Gasteiger partial charge in [0.05, 0.1) is 11.4 Å². The lowest BCUT2D eigenvalue weighted by atomic mass is 9.66. The lowest BCUT2D eigenvalue weighted by molar-refractivity contribution is -0.00769. The summed E-state index contributed by atoms with van der Waals surface area (Å²) in [6.45, 7) is -0.0556. The lowest BCUT2D eigenvalue weighted by Crippen LogP contribution is -2.38. The standard InChI is InChI=1S/C34H39N3O7S/c35-34(36)37-33-23-6-4-21(5-7-23)31-24-17-25(32(43-28(18-24)15-16-38)22-8-10-26(39)11-9-22)19-29(31)30(45(40,41)42)14-3-20-1-12-27(44-33)13-2-20/h1-2,4-13,19,24,28-33,38-39H,3,14-18H2,(H4,35,36,37)(H,40,41,42)/t24-,28+,29-,30+,31+,32-,33+/m0/s1. The predicted molar refractivity (Wildman–Crippen MR) is 170 cm³/mol. The zero-order valence-electron chi connectivity index (χ0n) is 24.8. The molecule has 3 aromatic carbocycles. The maximum atomic E-state index is 13.2. The van der Waals surface area contributed by atoms with Crippen LogP contribution in [0.15, 0.2) is 89.4 Å². The fourth-order valence-corrected chi connectivity index (χ4v) is 8.33. The molecule has 0 radical (unpaired) electrons. The highest BCUT2D eigenvalue weighted by molar-refractivity contribution is 7.86. The number of aliphatic hydroxyl groups excluding tert-OH is 1. The number of phenolic OH excluding ortho intramolecular Hbond substituents is 1. The van der Waals surface area contributed by atoms with Crippen LogP contribution in [0.5, 0.6) is 11.5 Å². The van der Waals surface area contributed by atoms with E-state index >= 15 is 0 Å². The van der Waals surface area contributed by atoms with Gasteiger partial charge in [0.2, 0.25) is 6.23 Å². The number of nitrogens with two attached hydrogens (primary N) is 2. The van der Waals surface area contributed by atoms with Gasteiger partial charge in [-0.05, 0) is 90.5 Å². The molecule has 45 heavy (non-hydrogen) atoms. The number of fused-ring (bicyclic) bond motifs is 2. The Labute approximate surface area is 263 Å². The average molecular weight is 634 g/mol. The number of nitrogens with zero attached hydrogens (tertiary/aromatic N) is 1. The van der Waals surface area contributed by atoms with E-state index in [1.807, 2.05) is 42.5 Å². The summed E-state index contributed by atoms with van der Waals surface area (Å²) in [5.41, 5.74) is 15.8. The van der Waals surface area contributed by atoms with Gasteiger partial charge in [-0.1, -0.05) is 54.6 Å². The van der Waals surface area contributed by atoms with E-state index in [0.717, 1.165) is 27.8 Å². The number of aryl methyl sites for hydroxylation is 1. The van der Waals surface area contributed by atoms with Crippen molar-refractivity contribution in [3.8, 4) is 11.5 Å². The molecule has 7 N–H and O–H groups in total. The normalized spacial score (nSPS) is 28.0. The third kappa shape index (κ3) is 6.86. The Morgan fingerprint density at radius 3 is 2.24 bits per heavy atom. The van der Waals surface area contributed by atoms with Crippen molar-refractivity contribution in [1.82, 2.24) is 0 Å². The van der Waals surface area contributed by atoms with Crippen LogP contribution in [0.25, 0.3) is 0 Å². The third-order valence-corrected chi connectivity index (χ3v) is 10.6. The molecule has 11 heteroatoms. The Morgan fingerprint density at radius 2 is 1.60 bits per heavy atom. The molecule has 5 heterocycles. The molecule has 1 saturated heterocycles. The highest BCUT2D eigenvalue weighted by Gasteiger charge is 2.46. The molecular weight excluding hydrogens is 594 g/mol. The van der Waals surface area contributed by atoms with E-state index < -0.39 is 33.6 Å². The molecule has 0 unspecified atom stereocenters. The maximum absolute atomic E-state index is 13.2. The van der Waals surface area contributed by atoms with Gasteiger partial charge in [-0.2, -0.15) is 8.42 Å². The summed E-state index contributed by atoms with van der Waals surface area (Å²) in [6.07, 6.45) is 2.72. The number of aliphatic hydroxyl groups is 1. The first-order valence-corrected chi connectivity index (χ1v) is 16.8. The van der Waals surface area contributed by atoms with Crippen molar-refractivity contribution in [2.75, 3.05) is 6.61 Å². The monoisotopic (exact) mass is 633 g/mol. The summed E-state index contributed by atoms with van der Waals surface area (Å²) in [7, 11) is -4.48. The van der Waals surface area contributed by atoms with E-state index in [1.54, 1.807) is 36.4 Å². The number of allylic oxidation sites excluding steroid dienone is 1. The summed E-state index contributed by atoms with van der Waals surface area (Å²) in [5, 5.41) is 18.8. The fourth-order valence-electron chi connectivity index (χ4n) is 7.26. The molecule has 10 nitrogen and oxygen atoms in total. The predicted octanol–water partition coefficient (Wildman–Crippen LogP) is 4.50. The number of benzene rings is 3. The van der Waals surface area contributed by atoms with Gasteiger partial charge in [0.25, 0.3) is 10.1 Å². The molecule has 9 rings (SSSR count). The van der Waals surface area contributed by atoms with Crippen molar-refractivity contribution < 1.29 is 32.7 Å². The van der Waals surface area contributed by atoms with Crippen LogP contribution in [0.2, 0.25) is 0 Å². The second-order valence-electron chi connectivity index (χ2n) is 12.2. The Bertz CT molecular complexity index is 1650. The molecule has 238 valence electrons. The first-order chi connectivity index (χ1) is 21.6. The molecule has 0 spiro atoms. The molecule has 0 aromatic heterocycles. The van der Waals surface area contributed by atoms with Crippen LogP contribution < -0.4 is 16.2 Å². The lowest BCUT2D eigenvalue weighted by Gasteiger charge is -2.40. The minimum Gasteiger partial charge on any atom is -0.508 e. The highest BCUT2D eigenvalue weighted by atomic mass is 32.2. The molecule has 0 amide bonds. The number of ether oxygens (including phenoxy) is 2. The topological polar surface area (TPSA) is 178 Å². The van der Waals surface area contributed by atoms with Crippen molar-refractivity contribution in [3.63, 3.8) is 0 Å². The van der Waals surface area contributed by atoms with Gasteiger partial charge < -0.3 is 31.2 Å². The molecule has 1 aliphatic carbocycles. The van der Waals surface area contributed by atoms with E-state index in [9.17, 15) is 23.2 Å². The average Bonchev–Trinajstić information content (AvgIpc) is 3.14. The second kappa shape index (κ2) is 12.8. The SMILES string of the molecule is NC(N)=N[C@@H]1Oc2ccc(cc2)CC[C@@H](S(=O)(=O)O)[C@@H]2C=C3C[C@@H](C[C@@H](CCO)O[C@H]3c3ccc(O)cc3)[C@H]2c2ccc1cc2. The van der Waals surface area contributed by atoms with Crippen LogP contribution in [0.4, 0.5) is 0 Å². The summed E-state index contributed by atoms with van der Waals surface area (Å²) < 4.78 is 50.0. The molecule has 6 bridgehead atoms. The summed E-state index contributed by atoms with van der Waals surface area (Å²) in [6, 6.07) is 21.8. The van der Waals surface area contributed by atoms with E-state index in [4.69, 9.17) is 20.9 Å². The van der Waals surface area contributed by atoms with Crippen LogP contribution in [0, 0.1) is 11.8 Å². The number of phenols is 1. The van der Waals surface area contributed by atoms with Gasteiger partial charge >= 0.3 is 0 Å². The number of guanidine groups is 1. The largest absolute Gasteiger partial charge is 0.508 e. The smallest absolute Gasteiger partial charge is 0.268 e. The van der Waals surface area contributed by atoms with E-state index in [2.05, 4.69) is 4.99 Å². The summed E-state index contributed by atoms with van der Waals surface area (Å²) in [5.74, 6) is -0.304. The Balaban J connectivity index is 1.52. The first-order valence-electron chi connectivity index (χ1n) is 15.3. The molecule has 1 fully saturated rings. The Hall–Kier alpha value is -3.90. The third-order valence-electron chi connectivity index (χ3n) is 9.28. The molecule has 3 aromatic rings. The minimum atomic E-state index is -4.48. The molecular formula is C34H39N3O7S. The van der Waals surface area contributed by atoms with E-state index in [1.165, 1.54) is 0 Å². The maximum Gasteiger partial charge on any atom is 0.268 e. The summed E-state index contributed by atoms with van der Waals surface area (Å²) >= 11 is 0. The highest BCUT2D eigenvalue weighted by Crippen LogP contribution is 2.52. The molecule has 6 aliphatic rings. The van der Waals surface area contributed by atoms with Crippen LogP contribution in [0.1, 0.15) is 66.2 Å². The Kier molecular flexibility index (Phi) is 8.87. The molecule has 5 aliphatic heterocycles. The van der Waals surface area contributed by atoms with Gasteiger partial charge in [-0.15, -0.1) is 0 Å². The van der Waals surface area contributed by atoms with Gasteiger partial charge in [-0.25, -0.2) is 4.99 Å². The second-order valence-corrected chi connectivity index (χ2v) is 13.8. The number of hydrogen-bond donors (Lipinski definition) is 5. The molecule has 7 atom stereocenters. The van der Waals surface area contributed by atoms with Gasteiger partial charge in [-0.3, -0.25) is 4.55 Å². The first kappa shape index (κ1) is 31.1. The zero-order valence-corrected chi connectivity index (χ0v) is 25.6. The van der Waals surface area contributed by atoms with Gasteiger partial charge in [0.1, 0.15) is 17.6 Å². The van der Waals surface area contributed by atoms with E-state index in [0.29, 0.717) is 31.4 Å². The minimum absolute atomic E-state index is 0.0388. The van der Waals surface area contributed by atoms with Crippen LogP contribution in [-0.2, 0) is 21.3 Å². The quantitative estimate of drug-likeness (QED) is 0.117. The van der Waals surface area contributed by atoms with Crippen LogP contribution in [0.3, 0.4) is 0 Å². The van der Waals surface area contributed by atoms with Gasteiger partial charge in [0, 0.05) is 18.1 Å².